The maximum absolute atomic E-state index is 14.0. The zero-order valence-electron chi connectivity index (χ0n) is 30.9. The van der Waals surface area contributed by atoms with Crippen molar-refractivity contribution < 1.29 is 28.7 Å². The molecule has 1 aliphatic rings. The van der Waals surface area contributed by atoms with Gasteiger partial charge in [0.15, 0.2) is 0 Å². The van der Waals surface area contributed by atoms with Crippen molar-refractivity contribution in [3.63, 3.8) is 0 Å². The summed E-state index contributed by atoms with van der Waals surface area (Å²) in [6.45, 7) is 6.12. The highest BCUT2D eigenvalue weighted by Gasteiger charge is 2.34. The van der Waals surface area contributed by atoms with Crippen LogP contribution < -0.4 is 16.0 Å². The molecule has 50 heavy (non-hydrogen) atoms. The summed E-state index contributed by atoms with van der Waals surface area (Å²) >= 11 is 0. The lowest BCUT2D eigenvalue weighted by Crippen LogP contribution is -2.57. The molecule has 1 saturated carbocycles. The third kappa shape index (κ3) is 13.9. The number of rotatable bonds is 22. The molecular weight excluding hydrogens is 630 g/mol. The van der Waals surface area contributed by atoms with Crippen LogP contribution in [-0.4, -0.2) is 54.7 Å². The molecule has 0 spiro atoms. The summed E-state index contributed by atoms with van der Waals surface area (Å²) in [6.07, 6.45) is 14.2. The highest BCUT2D eigenvalue weighted by atomic mass is 16.5. The zero-order chi connectivity index (χ0) is 36.3. The van der Waals surface area contributed by atoms with Crippen LogP contribution in [0.3, 0.4) is 0 Å². The molecule has 1 fully saturated rings. The number of Topliss-reactive ketones (excluding diaryl/α,β-unsaturated/α-hetero) is 1. The molecule has 3 rings (SSSR count). The van der Waals surface area contributed by atoms with Crippen molar-refractivity contribution in [3.8, 4) is 0 Å². The van der Waals surface area contributed by atoms with E-state index >= 15 is 0 Å². The van der Waals surface area contributed by atoms with Crippen LogP contribution in [-0.2, 0) is 35.1 Å². The summed E-state index contributed by atoms with van der Waals surface area (Å²) < 4.78 is 4.99. The lowest BCUT2D eigenvalue weighted by molar-refractivity contribution is -0.146. The normalized spacial score (nSPS) is 16.4. The molecule has 0 aromatic heterocycles. The van der Waals surface area contributed by atoms with E-state index in [4.69, 9.17) is 4.74 Å². The lowest BCUT2D eigenvalue weighted by atomic mass is 9.83. The average molecular weight is 692 g/mol. The average Bonchev–Trinajstić information content (AvgIpc) is 3.10. The first-order valence-corrected chi connectivity index (χ1v) is 19.1. The van der Waals surface area contributed by atoms with Gasteiger partial charge >= 0.3 is 5.97 Å². The molecule has 0 bridgehead atoms. The summed E-state index contributed by atoms with van der Waals surface area (Å²) in [7, 11) is 1.26. The molecule has 0 aliphatic heterocycles. The molecule has 0 heterocycles. The quantitative estimate of drug-likeness (QED) is 0.0890. The van der Waals surface area contributed by atoms with Crippen LogP contribution in [0.4, 0.5) is 0 Å². The van der Waals surface area contributed by atoms with Gasteiger partial charge in [-0.3, -0.25) is 19.2 Å². The summed E-state index contributed by atoms with van der Waals surface area (Å²) in [5.41, 5.74) is 0.916. The van der Waals surface area contributed by atoms with Gasteiger partial charge in [-0.25, -0.2) is 4.79 Å². The highest BCUT2D eigenvalue weighted by Crippen LogP contribution is 2.25. The number of ether oxygens (including phenoxy) is 1. The van der Waals surface area contributed by atoms with Gasteiger partial charge in [-0.05, 0) is 54.4 Å². The third-order valence-corrected chi connectivity index (χ3v) is 9.81. The van der Waals surface area contributed by atoms with E-state index in [0.29, 0.717) is 25.7 Å². The molecule has 2 aromatic carbocycles. The lowest BCUT2D eigenvalue weighted by Gasteiger charge is -2.28. The number of amides is 3. The van der Waals surface area contributed by atoms with Gasteiger partial charge < -0.3 is 20.7 Å². The van der Waals surface area contributed by atoms with E-state index in [9.17, 15) is 24.0 Å². The number of hydrogen-bond acceptors (Lipinski definition) is 6. The van der Waals surface area contributed by atoms with Gasteiger partial charge in [-0.2, -0.15) is 0 Å². The summed E-state index contributed by atoms with van der Waals surface area (Å²) in [5.74, 6) is -1.98. The number of esters is 1. The monoisotopic (exact) mass is 691 g/mol. The summed E-state index contributed by atoms with van der Waals surface area (Å²) in [6, 6.07) is 11.0. The van der Waals surface area contributed by atoms with Crippen LogP contribution in [0.25, 0.3) is 10.8 Å². The second kappa shape index (κ2) is 22.1. The standard InChI is InChI=1S/C41H61N3O6/c1-5-6-7-8-9-10-11-12-13-25-38(46)42-35(27-31-22-18-21-30-19-14-16-23-33(30)31)40(48)43-34(26-29(2)3)39(47)44-36(41(49)50-4)28-32-20-15-17-24-37(32)45/h14,16,18-19,21-23,29,32,34-36H,5-13,15,17,20,24-28H2,1-4H3,(H,42,46)(H,43,48)(H,44,47)/t32-,34-,35-,36-/m0/s1. The topological polar surface area (TPSA) is 131 Å². The first-order chi connectivity index (χ1) is 24.1. The zero-order valence-corrected chi connectivity index (χ0v) is 30.9. The highest BCUT2D eigenvalue weighted by molar-refractivity contribution is 5.94. The molecule has 1 aliphatic carbocycles. The SMILES string of the molecule is CCCCCCCCCCCC(=O)N[C@@H](Cc1cccc2ccccc12)C(=O)N[C@@H](CC(C)C)C(=O)N[C@@H](C[C@@H]1CCCCC1=O)C(=O)OC. The van der Waals surface area contributed by atoms with Gasteiger partial charge in [0, 0.05) is 25.2 Å². The molecule has 276 valence electrons. The van der Waals surface area contributed by atoms with E-state index in [0.717, 1.165) is 48.4 Å². The molecule has 9 heteroatoms. The molecular formula is C41H61N3O6. The number of carbonyl (C=O) groups excluding carboxylic acids is 5. The Labute approximate surface area is 299 Å². The predicted molar refractivity (Wildman–Crippen MR) is 198 cm³/mol. The number of nitrogens with one attached hydrogen (secondary N) is 3. The number of unbranched alkanes of at least 4 members (excludes halogenated alkanes) is 8. The molecule has 4 atom stereocenters. The third-order valence-electron chi connectivity index (χ3n) is 9.81. The van der Waals surface area contributed by atoms with E-state index < -0.39 is 35.9 Å². The Morgan fingerprint density at radius 1 is 0.780 bits per heavy atom. The van der Waals surface area contributed by atoms with Gasteiger partial charge in [0.05, 0.1) is 7.11 Å². The minimum atomic E-state index is -1.01. The van der Waals surface area contributed by atoms with Crippen molar-refractivity contribution in [2.75, 3.05) is 7.11 Å². The molecule has 0 unspecified atom stereocenters. The van der Waals surface area contributed by atoms with Crippen molar-refractivity contribution in [1.82, 2.24) is 16.0 Å². The van der Waals surface area contributed by atoms with E-state index in [1.165, 1.54) is 45.6 Å². The van der Waals surface area contributed by atoms with E-state index in [-0.39, 0.29) is 36.4 Å². The van der Waals surface area contributed by atoms with E-state index in [1.807, 2.05) is 56.3 Å². The van der Waals surface area contributed by atoms with Crippen molar-refractivity contribution >= 4 is 40.2 Å². The number of hydrogen-bond donors (Lipinski definition) is 3. The van der Waals surface area contributed by atoms with Crippen LogP contribution in [0.1, 0.15) is 129 Å². The van der Waals surface area contributed by atoms with Gasteiger partial charge in [-0.1, -0.05) is 121 Å². The fourth-order valence-corrected chi connectivity index (χ4v) is 6.96. The molecule has 2 aromatic rings. The Balaban J connectivity index is 1.72. The van der Waals surface area contributed by atoms with Crippen molar-refractivity contribution in [1.29, 1.82) is 0 Å². The Hall–Kier alpha value is -3.75. The smallest absolute Gasteiger partial charge is 0.328 e. The summed E-state index contributed by atoms with van der Waals surface area (Å²) in [4.78, 5) is 66.3. The first kappa shape index (κ1) is 40.7. The van der Waals surface area contributed by atoms with Crippen LogP contribution in [0.2, 0.25) is 0 Å². The molecule has 3 amide bonds. The minimum absolute atomic E-state index is 0.0419. The van der Waals surface area contributed by atoms with Gasteiger partial charge in [0.25, 0.3) is 0 Å². The maximum atomic E-state index is 14.0. The fourth-order valence-electron chi connectivity index (χ4n) is 6.96. The Morgan fingerprint density at radius 2 is 1.42 bits per heavy atom. The molecule has 3 N–H and O–H groups in total. The van der Waals surface area contributed by atoms with Gasteiger partial charge in [0.2, 0.25) is 17.7 Å². The number of carbonyl (C=O) groups is 5. The fraction of sp³-hybridized carbons (Fsp3) is 0.634. The van der Waals surface area contributed by atoms with Crippen molar-refractivity contribution in [2.24, 2.45) is 11.8 Å². The summed E-state index contributed by atoms with van der Waals surface area (Å²) in [5, 5.41) is 10.7. The minimum Gasteiger partial charge on any atom is -0.467 e. The molecule has 0 radical (unpaired) electrons. The van der Waals surface area contributed by atoms with E-state index in [1.54, 1.807) is 0 Å². The van der Waals surface area contributed by atoms with Crippen LogP contribution in [0.5, 0.6) is 0 Å². The number of ketones is 1. The predicted octanol–water partition coefficient (Wildman–Crippen LogP) is 7.13. The van der Waals surface area contributed by atoms with Crippen LogP contribution in [0.15, 0.2) is 42.5 Å². The van der Waals surface area contributed by atoms with E-state index in [2.05, 4.69) is 22.9 Å². The van der Waals surface area contributed by atoms with Crippen LogP contribution in [0, 0.1) is 11.8 Å². The number of benzene rings is 2. The number of fused-ring (bicyclic) bond motifs is 1. The van der Waals surface area contributed by atoms with Crippen molar-refractivity contribution in [3.05, 3.63) is 48.0 Å². The van der Waals surface area contributed by atoms with Crippen molar-refractivity contribution in [2.45, 2.75) is 148 Å². The molecule has 0 saturated heterocycles. The van der Waals surface area contributed by atoms with Gasteiger partial charge in [-0.15, -0.1) is 0 Å². The Bertz CT molecular complexity index is 1390. The second-order valence-corrected chi connectivity index (χ2v) is 14.5. The van der Waals surface area contributed by atoms with Gasteiger partial charge in [0.1, 0.15) is 23.9 Å². The maximum Gasteiger partial charge on any atom is 0.328 e. The second-order valence-electron chi connectivity index (χ2n) is 14.5. The first-order valence-electron chi connectivity index (χ1n) is 19.1. The van der Waals surface area contributed by atoms with Crippen LogP contribution >= 0.6 is 0 Å². The Morgan fingerprint density at radius 3 is 2.10 bits per heavy atom. The molecule has 9 nitrogen and oxygen atoms in total. The largest absolute Gasteiger partial charge is 0.467 e. The Kier molecular flexibility index (Phi) is 18.0. The number of methoxy groups -OCH3 is 1.